The van der Waals surface area contributed by atoms with Crippen molar-refractivity contribution in [3.05, 3.63) is 104 Å². The summed E-state index contributed by atoms with van der Waals surface area (Å²) in [5, 5.41) is 7.89. The van der Waals surface area contributed by atoms with Crippen LogP contribution in [0.25, 0.3) is 10.8 Å². The molecule has 0 radical (unpaired) electrons. The number of halogens is 2. The highest BCUT2D eigenvalue weighted by molar-refractivity contribution is 14.1. The first kappa shape index (κ1) is 20.6. The molecule has 0 fully saturated rings. The summed E-state index contributed by atoms with van der Waals surface area (Å²) in [4.78, 5) is 25.2. The van der Waals surface area contributed by atoms with Gasteiger partial charge in [0.25, 0.3) is 11.8 Å². The number of amides is 2. The number of benzene rings is 4. The maximum Gasteiger partial charge on any atom is 0.256 e. The van der Waals surface area contributed by atoms with Crippen LogP contribution in [0.3, 0.4) is 0 Å². The van der Waals surface area contributed by atoms with Crippen LogP contribution < -0.4 is 10.6 Å². The van der Waals surface area contributed by atoms with Crippen LogP contribution in [0.1, 0.15) is 20.7 Å². The lowest BCUT2D eigenvalue weighted by Crippen LogP contribution is -2.14. The highest BCUT2D eigenvalue weighted by atomic mass is 127. The average molecular weight is 571 g/mol. The molecule has 0 bridgehead atoms. The Kier molecular flexibility index (Phi) is 6.15. The lowest BCUT2D eigenvalue weighted by molar-refractivity contribution is 0.101. The van der Waals surface area contributed by atoms with E-state index < -0.39 is 0 Å². The summed E-state index contributed by atoms with van der Waals surface area (Å²) < 4.78 is 1.70. The van der Waals surface area contributed by atoms with Gasteiger partial charge in [-0.3, -0.25) is 9.59 Å². The van der Waals surface area contributed by atoms with Crippen LogP contribution in [-0.4, -0.2) is 11.8 Å². The zero-order valence-corrected chi connectivity index (χ0v) is 19.4. The summed E-state index contributed by atoms with van der Waals surface area (Å²) in [5.41, 5.74) is 2.48. The van der Waals surface area contributed by atoms with Gasteiger partial charge in [0.1, 0.15) is 0 Å². The number of carbonyl (C=O) groups is 2. The van der Waals surface area contributed by atoms with Crippen LogP contribution in [0.4, 0.5) is 11.4 Å². The Labute approximate surface area is 196 Å². The zero-order chi connectivity index (χ0) is 21.1. The number of carbonyl (C=O) groups excluding carboxylic acids is 2. The molecule has 30 heavy (non-hydrogen) atoms. The average Bonchev–Trinajstić information content (AvgIpc) is 2.76. The van der Waals surface area contributed by atoms with Crippen molar-refractivity contribution < 1.29 is 9.59 Å². The van der Waals surface area contributed by atoms with Crippen molar-refractivity contribution in [2.75, 3.05) is 10.6 Å². The second-order valence-corrected chi connectivity index (χ2v) is 8.71. The molecule has 4 nitrogen and oxygen atoms in total. The van der Waals surface area contributed by atoms with Gasteiger partial charge in [-0.25, -0.2) is 0 Å². The van der Waals surface area contributed by atoms with Gasteiger partial charge in [-0.2, -0.15) is 0 Å². The third-order valence-corrected chi connectivity index (χ3v) is 6.05. The first-order valence-electron chi connectivity index (χ1n) is 9.17. The van der Waals surface area contributed by atoms with E-state index in [1.807, 2.05) is 54.6 Å². The van der Waals surface area contributed by atoms with Crippen LogP contribution in [0.15, 0.2) is 89.4 Å². The molecule has 0 aliphatic heterocycles. The minimum atomic E-state index is -0.203. The Balaban J connectivity index is 1.48. The van der Waals surface area contributed by atoms with E-state index in [2.05, 4.69) is 49.2 Å². The lowest BCUT2D eigenvalue weighted by Gasteiger charge is -2.10. The quantitative estimate of drug-likeness (QED) is 0.268. The smallest absolute Gasteiger partial charge is 0.256 e. The van der Waals surface area contributed by atoms with E-state index >= 15 is 0 Å². The molecular weight excluding hydrogens is 555 g/mol. The van der Waals surface area contributed by atoms with Crippen LogP contribution in [0.5, 0.6) is 0 Å². The number of nitrogens with one attached hydrogen (secondary N) is 2. The van der Waals surface area contributed by atoms with E-state index in [0.29, 0.717) is 16.8 Å². The number of hydrogen-bond acceptors (Lipinski definition) is 2. The fraction of sp³-hybridized carbons (Fsp3) is 0. The normalized spacial score (nSPS) is 10.6. The van der Waals surface area contributed by atoms with E-state index in [-0.39, 0.29) is 11.8 Å². The van der Waals surface area contributed by atoms with E-state index in [1.165, 1.54) is 0 Å². The zero-order valence-electron chi connectivity index (χ0n) is 15.7. The van der Waals surface area contributed by atoms with E-state index in [4.69, 9.17) is 0 Å². The topological polar surface area (TPSA) is 58.2 Å². The first-order chi connectivity index (χ1) is 14.5. The number of fused-ring (bicyclic) bond motifs is 1. The molecule has 0 heterocycles. The molecule has 0 atom stereocenters. The van der Waals surface area contributed by atoms with Gasteiger partial charge in [-0.05, 0) is 76.5 Å². The van der Waals surface area contributed by atoms with Gasteiger partial charge in [0.2, 0.25) is 0 Å². The molecule has 2 N–H and O–H groups in total. The van der Waals surface area contributed by atoms with Crippen molar-refractivity contribution in [1.29, 1.82) is 0 Å². The monoisotopic (exact) mass is 570 g/mol. The van der Waals surface area contributed by atoms with Crippen LogP contribution in [0.2, 0.25) is 0 Å². The molecular formula is C24H16BrIN2O2. The first-order valence-corrected chi connectivity index (χ1v) is 11.0. The van der Waals surface area contributed by atoms with Gasteiger partial charge in [0.15, 0.2) is 0 Å². The lowest BCUT2D eigenvalue weighted by atomic mass is 10.1. The molecule has 4 aromatic carbocycles. The van der Waals surface area contributed by atoms with Gasteiger partial charge in [-0.1, -0.05) is 52.3 Å². The number of anilines is 2. The fourth-order valence-corrected chi connectivity index (χ4v) is 4.05. The highest BCUT2D eigenvalue weighted by Crippen LogP contribution is 2.24. The SMILES string of the molecule is O=C(Nc1cccc2ccccc12)c1ccc(NC(=O)c2cc(Br)ccc2I)cc1. The van der Waals surface area contributed by atoms with Gasteiger partial charge in [0, 0.05) is 30.4 Å². The van der Waals surface area contributed by atoms with Crippen LogP contribution >= 0.6 is 38.5 Å². The second-order valence-electron chi connectivity index (χ2n) is 6.64. The molecule has 6 heteroatoms. The summed E-state index contributed by atoms with van der Waals surface area (Å²) in [7, 11) is 0. The molecule has 2 amide bonds. The van der Waals surface area contributed by atoms with Crippen molar-refractivity contribution in [2.45, 2.75) is 0 Å². The van der Waals surface area contributed by atoms with E-state index in [0.717, 1.165) is 24.5 Å². The molecule has 0 spiro atoms. The highest BCUT2D eigenvalue weighted by Gasteiger charge is 2.12. The molecule has 0 saturated heterocycles. The molecule has 0 aliphatic carbocycles. The van der Waals surface area contributed by atoms with Gasteiger partial charge in [0.05, 0.1) is 5.56 Å². The molecule has 4 aromatic rings. The Morgan fingerprint density at radius 3 is 2.30 bits per heavy atom. The van der Waals surface area contributed by atoms with Crippen molar-refractivity contribution in [2.24, 2.45) is 0 Å². The van der Waals surface area contributed by atoms with Crippen molar-refractivity contribution in [3.63, 3.8) is 0 Å². The molecule has 0 aromatic heterocycles. The number of rotatable bonds is 4. The molecule has 0 unspecified atom stereocenters. The maximum absolute atomic E-state index is 12.7. The van der Waals surface area contributed by atoms with Gasteiger partial charge in [-0.15, -0.1) is 0 Å². The summed E-state index contributed by atoms with van der Waals surface area (Å²) >= 11 is 5.52. The third-order valence-electron chi connectivity index (χ3n) is 4.62. The molecule has 0 aliphatic rings. The Morgan fingerprint density at radius 1 is 0.767 bits per heavy atom. The second kappa shape index (κ2) is 8.97. The van der Waals surface area contributed by atoms with Crippen molar-refractivity contribution in [3.8, 4) is 0 Å². The molecule has 148 valence electrons. The maximum atomic E-state index is 12.7. The number of hydrogen-bond donors (Lipinski definition) is 2. The molecule has 4 rings (SSSR count). The Morgan fingerprint density at radius 2 is 1.50 bits per heavy atom. The summed E-state index contributed by atoms with van der Waals surface area (Å²) in [5.74, 6) is -0.403. The van der Waals surface area contributed by atoms with E-state index in [1.54, 1.807) is 30.3 Å². The van der Waals surface area contributed by atoms with Gasteiger partial charge >= 0.3 is 0 Å². The van der Waals surface area contributed by atoms with Gasteiger partial charge < -0.3 is 10.6 Å². The predicted octanol–water partition coefficient (Wildman–Crippen LogP) is 6.71. The molecule has 0 saturated carbocycles. The van der Waals surface area contributed by atoms with Crippen molar-refractivity contribution >= 4 is 72.5 Å². The van der Waals surface area contributed by atoms with Crippen LogP contribution in [0, 0.1) is 3.57 Å². The van der Waals surface area contributed by atoms with E-state index in [9.17, 15) is 9.59 Å². The minimum Gasteiger partial charge on any atom is -0.322 e. The van der Waals surface area contributed by atoms with Crippen molar-refractivity contribution in [1.82, 2.24) is 0 Å². The summed E-state index contributed by atoms with van der Waals surface area (Å²) in [6.07, 6.45) is 0. The largest absolute Gasteiger partial charge is 0.322 e. The Hall–Kier alpha value is -2.71. The fourth-order valence-electron chi connectivity index (χ4n) is 3.10. The summed E-state index contributed by atoms with van der Waals surface area (Å²) in [6, 6.07) is 26.1. The predicted molar refractivity (Wildman–Crippen MR) is 133 cm³/mol. The standard InChI is InChI=1S/C24H16BrIN2O2/c25-17-10-13-21(26)20(14-17)24(30)27-18-11-8-16(9-12-18)23(29)28-22-7-3-5-15-4-1-2-6-19(15)22/h1-14H,(H,27,30)(H,28,29). The minimum absolute atomic E-state index is 0.200. The van der Waals surface area contributed by atoms with Crippen LogP contribution in [-0.2, 0) is 0 Å². The summed E-state index contributed by atoms with van der Waals surface area (Å²) in [6.45, 7) is 0. The Bertz CT molecular complexity index is 1250. The third kappa shape index (κ3) is 4.55.